The van der Waals surface area contributed by atoms with Crippen LogP contribution in [0.4, 0.5) is 0 Å². The molecule has 2 heteroatoms. The lowest BCUT2D eigenvalue weighted by molar-refractivity contribution is 0.165. The van der Waals surface area contributed by atoms with Crippen LogP contribution in [0.5, 0.6) is 0 Å². The highest BCUT2D eigenvalue weighted by molar-refractivity contribution is 7.12. The van der Waals surface area contributed by atoms with Gasteiger partial charge in [0.25, 0.3) is 0 Å². The summed E-state index contributed by atoms with van der Waals surface area (Å²) < 4.78 is 0. The average molecular weight is 471 g/mol. The Morgan fingerprint density at radius 3 is 1.11 bits per heavy atom. The minimum atomic E-state index is -2.65. The summed E-state index contributed by atoms with van der Waals surface area (Å²) in [5.74, 6) is 0. The molecular formula is C33H30OSi. The fourth-order valence-electron chi connectivity index (χ4n) is 5.49. The highest BCUT2D eigenvalue weighted by Crippen LogP contribution is 2.35. The van der Waals surface area contributed by atoms with E-state index in [1.807, 2.05) is 30.3 Å². The number of aliphatic hydroxyl groups excluding tert-OH is 1. The van der Waals surface area contributed by atoms with E-state index in [0.717, 1.165) is 5.56 Å². The van der Waals surface area contributed by atoms with E-state index in [0.29, 0.717) is 6.42 Å². The Bertz CT molecular complexity index is 1210. The second kappa shape index (κ2) is 10.7. The van der Waals surface area contributed by atoms with Gasteiger partial charge in [0.15, 0.2) is 8.07 Å². The Morgan fingerprint density at radius 2 is 0.743 bits per heavy atom. The summed E-state index contributed by atoms with van der Waals surface area (Å²) in [5.41, 5.74) is 2.35. The molecule has 0 heterocycles. The number of benzene rings is 5. The minimum Gasteiger partial charge on any atom is -0.388 e. The maximum Gasteiger partial charge on any atom is 0.155 e. The Kier molecular flexibility index (Phi) is 7.04. The number of rotatable bonds is 8. The molecule has 1 N–H and O–H groups in total. The molecule has 0 fully saturated rings. The predicted octanol–water partition coefficient (Wildman–Crippen LogP) is 5.60. The Hall–Kier alpha value is -3.72. The van der Waals surface area contributed by atoms with Gasteiger partial charge in [0.05, 0.1) is 6.10 Å². The van der Waals surface area contributed by atoms with E-state index in [2.05, 4.69) is 121 Å². The molecule has 0 aliphatic rings. The molecule has 0 saturated heterocycles. The first-order valence-corrected chi connectivity index (χ1v) is 14.3. The van der Waals surface area contributed by atoms with Crippen LogP contribution >= 0.6 is 0 Å². The third kappa shape index (κ3) is 4.63. The van der Waals surface area contributed by atoms with E-state index in [4.69, 9.17) is 0 Å². The Balaban J connectivity index is 1.81. The van der Waals surface area contributed by atoms with Gasteiger partial charge in [-0.25, -0.2) is 0 Å². The zero-order valence-electron chi connectivity index (χ0n) is 19.7. The Morgan fingerprint density at radius 1 is 0.429 bits per heavy atom. The summed E-state index contributed by atoms with van der Waals surface area (Å²) in [5, 5.41) is 15.6. The quantitative estimate of drug-likeness (QED) is 0.231. The standard InChI is InChI=1S/C33H30OSi/c34-32(27-16-6-1-7-17-27)26-33(28-18-8-2-9-19-28)35(29-20-10-3-11-21-29,30-22-12-4-13-23-30)31-24-14-5-15-25-31/h1-25,32-34H,26H2/t32-,33-/m1/s1. The smallest absolute Gasteiger partial charge is 0.155 e. The maximum absolute atomic E-state index is 11.6. The SMILES string of the molecule is O[C@H](C[C@H](c1ccccc1)[Si](c1ccccc1)(c1ccccc1)c1ccccc1)c1ccccc1. The van der Waals surface area contributed by atoms with Crippen LogP contribution in [0, 0.1) is 0 Å². The largest absolute Gasteiger partial charge is 0.388 e. The molecule has 0 aliphatic heterocycles. The summed E-state index contributed by atoms with van der Waals surface area (Å²) in [4.78, 5) is 0. The van der Waals surface area contributed by atoms with Crippen molar-refractivity contribution in [1.29, 1.82) is 0 Å². The third-order valence-corrected chi connectivity index (χ3v) is 12.4. The molecule has 2 atom stereocenters. The van der Waals surface area contributed by atoms with Gasteiger partial charge in [0.1, 0.15) is 0 Å². The number of aliphatic hydroxyl groups is 1. The van der Waals surface area contributed by atoms with Gasteiger partial charge in [-0.05, 0) is 38.6 Å². The lowest BCUT2D eigenvalue weighted by Gasteiger charge is -2.42. The van der Waals surface area contributed by atoms with Gasteiger partial charge in [0.2, 0.25) is 0 Å². The van der Waals surface area contributed by atoms with E-state index in [1.165, 1.54) is 21.1 Å². The predicted molar refractivity (Wildman–Crippen MR) is 149 cm³/mol. The summed E-state index contributed by atoms with van der Waals surface area (Å²) in [6, 6.07) is 53.8. The van der Waals surface area contributed by atoms with Gasteiger partial charge in [-0.1, -0.05) is 152 Å². The fourth-order valence-corrected chi connectivity index (χ4v) is 11.1. The second-order valence-corrected chi connectivity index (χ2v) is 13.1. The van der Waals surface area contributed by atoms with E-state index in [1.54, 1.807) is 0 Å². The number of hydrogen-bond acceptors (Lipinski definition) is 1. The highest BCUT2D eigenvalue weighted by Gasteiger charge is 2.47. The molecule has 0 radical (unpaired) electrons. The van der Waals surface area contributed by atoms with Crippen molar-refractivity contribution in [2.24, 2.45) is 0 Å². The molecular weight excluding hydrogens is 440 g/mol. The first kappa shape index (κ1) is 23.0. The molecule has 172 valence electrons. The van der Waals surface area contributed by atoms with Crippen molar-refractivity contribution in [3.8, 4) is 0 Å². The van der Waals surface area contributed by atoms with Crippen LogP contribution in [0.2, 0.25) is 0 Å². The Labute approximate surface area is 209 Å². The van der Waals surface area contributed by atoms with Gasteiger partial charge in [0, 0.05) is 0 Å². The molecule has 0 unspecified atom stereocenters. The van der Waals surface area contributed by atoms with E-state index in [9.17, 15) is 5.11 Å². The monoisotopic (exact) mass is 470 g/mol. The second-order valence-electron chi connectivity index (χ2n) is 9.03. The first-order valence-electron chi connectivity index (χ1n) is 12.2. The maximum atomic E-state index is 11.6. The molecule has 1 nitrogen and oxygen atoms in total. The van der Waals surface area contributed by atoms with Crippen LogP contribution in [0.25, 0.3) is 0 Å². The normalized spacial score (nSPS) is 13.2. The van der Waals surface area contributed by atoms with Crippen molar-refractivity contribution in [2.75, 3.05) is 0 Å². The molecule has 0 bridgehead atoms. The lowest BCUT2D eigenvalue weighted by Crippen LogP contribution is -2.71. The van der Waals surface area contributed by atoms with Crippen molar-refractivity contribution in [1.82, 2.24) is 0 Å². The van der Waals surface area contributed by atoms with Crippen LogP contribution < -0.4 is 15.6 Å². The summed E-state index contributed by atoms with van der Waals surface area (Å²) in [6.45, 7) is 0. The fraction of sp³-hybridized carbons (Fsp3) is 0.0909. The van der Waals surface area contributed by atoms with Crippen LogP contribution in [-0.4, -0.2) is 13.2 Å². The number of hydrogen-bond donors (Lipinski definition) is 1. The minimum absolute atomic E-state index is 0.117. The van der Waals surface area contributed by atoms with E-state index >= 15 is 0 Å². The zero-order chi connectivity index (χ0) is 23.9. The first-order chi connectivity index (χ1) is 17.3. The third-order valence-electron chi connectivity index (χ3n) is 7.06. The van der Waals surface area contributed by atoms with Crippen LogP contribution in [-0.2, 0) is 0 Å². The summed E-state index contributed by atoms with van der Waals surface area (Å²) in [6.07, 6.45) is 0.0725. The molecule has 0 aliphatic carbocycles. The lowest BCUT2D eigenvalue weighted by atomic mass is 10.0. The van der Waals surface area contributed by atoms with Crippen molar-refractivity contribution in [3.05, 3.63) is 163 Å². The molecule has 0 saturated carbocycles. The molecule has 5 rings (SSSR count). The van der Waals surface area contributed by atoms with Gasteiger partial charge >= 0.3 is 0 Å². The van der Waals surface area contributed by atoms with Gasteiger partial charge < -0.3 is 5.11 Å². The van der Waals surface area contributed by atoms with Crippen molar-refractivity contribution in [2.45, 2.75) is 18.1 Å². The molecule has 0 spiro atoms. The van der Waals surface area contributed by atoms with Crippen molar-refractivity contribution >= 4 is 23.6 Å². The molecule has 0 aromatic heterocycles. The summed E-state index contributed by atoms with van der Waals surface area (Å²) >= 11 is 0. The molecule has 5 aromatic carbocycles. The summed E-state index contributed by atoms with van der Waals surface area (Å²) in [7, 11) is -2.65. The van der Waals surface area contributed by atoms with Gasteiger partial charge in [-0.2, -0.15) is 0 Å². The molecule has 0 amide bonds. The molecule has 5 aromatic rings. The molecule has 35 heavy (non-hydrogen) atoms. The van der Waals surface area contributed by atoms with Crippen molar-refractivity contribution in [3.63, 3.8) is 0 Å². The van der Waals surface area contributed by atoms with Crippen LogP contribution in [0.15, 0.2) is 152 Å². The topological polar surface area (TPSA) is 20.2 Å². The van der Waals surface area contributed by atoms with Crippen LogP contribution in [0.3, 0.4) is 0 Å². The van der Waals surface area contributed by atoms with Gasteiger partial charge in [-0.15, -0.1) is 0 Å². The zero-order valence-corrected chi connectivity index (χ0v) is 20.7. The average Bonchev–Trinajstić information content (AvgIpc) is 2.95. The van der Waals surface area contributed by atoms with Crippen LogP contribution in [0.1, 0.15) is 29.2 Å². The van der Waals surface area contributed by atoms with E-state index in [-0.39, 0.29) is 5.54 Å². The van der Waals surface area contributed by atoms with E-state index < -0.39 is 14.2 Å². The van der Waals surface area contributed by atoms with Gasteiger partial charge in [-0.3, -0.25) is 0 Å². The van der Waals surface area contributed by atoms with Crippen molar-refractivity contribution < 1.29 is 5.11 Å². The highest BCUT2D eigenvalue weighted by atomic mass is 28.3.